The molecule has 2 rings (SSSR count). The van der Waals surface area contributed by atoms with E-state index in [-0.39, 0.29) is 0 Å². The summed E-state index contributed by atoms with van der Waals surface area (Å²) >= 11 is 0. The van der Waals surface area contributed by atoms with E-state index in [0.717, 1.165) is 58.3 Å². The number of morpholine rings is 1. The van der Waals surface area contributed by atoms with Gasteiger partial charge in [-0.15, -0.1) is 0 Å². The first-order valence-corrected chi connectivity index (χ1v) is 7.89. The summed E-state index contributed by atoms with van der Waals surface area (Å²) in [6.45, 7) is 10.8. The lowest BCUT2D eigenvalue weighted by Gasteiger charge is -2.26. The topological polar surface area (TPSA) is 87.8 Å². The van der Waals surface area contributed by atoms with Crippen LogP contribution in [0.1, 0.15) is 25.1 Å². The quantitative estimate of drug-likeness (QED) is 0.421. The third kappa shape index (κ3) is 5.98. The summed E-state index contributed by atoms with van der Waals surface area (Å²) in [5.41, 5.74) is 0. The van der Waals surface area contributed by atoms with Gasteiger partial charge in [0.25, 0.3) is 0 Å². The van der Waals surface area contributed by atoms with Gasteiger partial charge in [0.2, 0.25) is 5.89 Å². The fourth-order valence-electron chi connectivity index (χ4n) is 2.23. The molecule has 0 atom stereocenters. The van der Waals surface area contributed by atoms with Crippen molar-refractivity contribution >= 4 is 5.96 Å². The van der Waals surface area contributed by atoms with E-state index in [4.69, 9.17) is 9.26 Å². The Morgan fingerprint density at radius 3 is 2.82 bits per heavy atom. The number of nitrogens with zero attached hydrogens (tertiary/aromatic N) is 4. The highest BCUT2D eigenvalue weighted by Gasteiger charge is 2.09. The summed E-state index contributed by atoms with van der Waals surface area (Å²) in [6.07, 6.45) is 1.08. The van der Waals surface area contributed by atoms with Gasteiger partial charge < -0.3 is 19.9 Å². The van der Waals surface area contributed by atoms with Crippen molar-refractivity contribution < 1.29 is 9.26 Å². The molecule has 1 saturated heterocycles. The first kappa shape index (κ1) is 16.7. The number of aliphatic imine (C=N–C) groups is 1. The van der Waals surface area contributed by atoms with Crippen molar-refractivity contribution in [1.29, 1.82) is 0 Å². The van der Waals surface area contributed by atoms with E-state index in [1.54, 1.807) is 6.92 Å². The van der Waals surface area contributed by atoms with Crippen molar-refractivity contribution in [1.82, 2.24) is 25.7 Å². The van der Waals surface area contributed by atoms with Crippen molar-refractivity contribution in [3.8, 4) is 0 Å². The molecule has 1 fully saturated rings. The Balaban J connectivity index is 1.68. The Labute approximate surface area is 131 Å². The second-order valence-corrected chi connectivity index (χ2v) is 5.16. The minimum atomic E-state index is 0.413. The number of aromatic nitrogens is 2. The number of rotatable bonds is 7. The van der Waals surface area contributed by atoms with Crippen LogP contribution in [-0.4, -0.2) is 66.9 Å². The number of hydrogen-bond donors (Lipinski definition) is 2. The number of ether oxygens (including phenoxy) is 1. The van der Waals surface area contributed by atoms with Crippen molar-refractivity contribution in [3.05, 3.63) is 11.7 Å². The number of nitrogens with one attached hydrogen (secondary N) is 2. The molecule has 0 bridgehead atoms. The lowest BCUT2D eigenvalue weighted by Crippen LogP contribution is -2.40. The van der Waals surface area contributed by atoms with E-state index in [2.05, 4.69) is 30.7 Å². The molecule has 0 spiro atoms. The van der Waals surface area contributed by atoms with E-state index in [1.807, 2.05) is 6.92 Å². The highest BCUT2D eigenvalue weighted by molar-refractivity contribution is 5.79. The maximum absolute atomic E-state index is 5.35. The predicted octanol–water partition coefficient (Wildman–Crippen LogP) is 0.155. The maximum Gasteiger partial charge on any atom is 0.223 e. The molecule has 2 heterocycles. The Morgan fingerprint density at radius 1 is 1.32 bits per heavy atom. The second-order valence-electron chi connectivity index (χ2n) is 5.16. The first-order valence-electron chi connectivity index (χ1n) is 7.89. The molecule has 0 amide bonds. The summed E-state index contributed by atoms with van der Waals surface area (Å²) in [4.78, 5) is 11.0. The Morgan fingerprint density at radius 2 is 2.14 bits per heavy atom. The van der Waals surface area contributed by atoms with Crippen molar-refractivity contribution in [2.24, 2.45) is 4.99 Å². The molecule has 22 heavy (non-hydrogen) atoms. The van der Waals surface area contributed by atoms with Gasteiger partial charge >= 0.3 is 0 Å². The van der Waals surface area contributed by atoms with E-state index in [9.17, 15) is 0 Å². The third-order valence-electron chi connectivity index (χ3n) is 3.34. The Kier molecular flexibility index (Phi) is 7.11. The van der Waals surface area contributed by atoms with Crippen LogP contribution in [-0.2, 0) is 11.3 Å². The van der Waals surface area contributed by atoms with Crippen molar-refractivity contribution in [2.75, 3.05) is 45.9 Å². The zero-order chi connectivity index (χ0) is 15.6. The van der Waals surface area contributed by atoms with Crippen molar-refractivity contribution in [3.63, 3.8) is 0 Å². The molecule has 0 unspecified atom stereocenters. The predicted molar refractivity (Wildman–Crippen MR) is 83.7 cm³/mol. The molecule has 2 N–H and O–H groups in total. The molecule has 124 valence electrons. The molecular formula is C14H26N6O2. The van der Waals surface area contributed by atoms with Crippen LogP contribution in [0.4, 0.5) is 0 Å². The molecule has 1 aromatic rings. The van der Waals surface area contributed by atoms with Crippen molar-refractivity contribution in [2.45, 2.75) is 26.8 Å². The monoisotopic (exact) mass is 310 g/mol. The highest BCUT2D eigenvalue weighted by atomic mass is 16.5. The zero-order valence-electron chi connectivity index (χ0n) is 13.5. The third-order valence-corrected chi connectivity index (χ3v) is 3.34. The minimum absolute atomic E-state index is 0.413. The van der Waals surface area contributed by atoms with Gasteiger partial charge in [0.15, 0.2) is 11.8 Å². The summed E-state index contributed by atoms with van der Waals surface area (Å²) in [6, 6.07) is 0. The lowest BCUT2D eigenvalue weighted by atomic mass is 10.3. The molecule has 1 aliphatic rings. The van der Waals surface area contributed by atoms with E-state index in [1.165, 1.54) is 0 Å². The molecule has 0 aliphatic carbocycles. The molecular weight excluding hydrogens is 284 g/mol. The molecule has 8 nitrogen and oxygen atoms in total. The number of hydrogen-bond acceptors (Lipinski definition) is 6. The fraction of sp³-hybridized carbons (Fsp3) is 0.786. The van der Waals surface area contributed by atoms with Gasteiger partial charge in [-0.3, -0.25) is 4.90 Å². The summed E-state index contributed by atoms with van der Waals surface area (Å²) in [5, 5.41) is 10.4. The number of aryl methyl sites for hydroxylation is 1. The van der Waals surface area contributed by atoms with Gasteiger partial charge in [0.05, 0.1) is 13.2 Å². The van der Waals surface area contributed by atoms with E-state index < -0.39 is 0 Å². The van der Waals surface area contributed by atoms with E-state index >= 15 is 0 Å². The van der Waals surface area contributed by atoms with E-state index in [0.29, 0.717) is 18.3 Å². The van der Waals surface area contributed by atoms with Crippen LogP contribution >= 0.6 is 0 Å². The Bertz CT molecular complexity index is 456. The average molecular weight is 310 g/mol. The summed E-state index contributed by atoms with van der Waals surface area (Å²) < 4.78 is 10.3. The summed E-state index contributed by atoms with van der Waals surface area (Å²) in [5.74, 6) is 1.95. The zero-order valence-corrected chi connectivity index (χ0v) is 13.5. The van der Waals surface area contributed by atoms with Gasteiger partial charge in [-0.2, -0.15) is 4.98 Å². The molecule has 8 heteroatoms. The smallest absolute Gasteiger partial charge is 0.223 e. The number of guanidine groups is 1. The van der Waals surface area contributed by atoms with Crippen LogP contribution in [0.3, 0.4) is 0 Å². The molecule has 0 aromatic carbocycles. The van der Waals surface area contributed by atoms with Crippen LogP contribution in [0.15, 0.2) is 9.52 Å². The van der Waals surface area contributed by atoms with Gasteiger partial charge in [0.1, 0.15) is 6.54 Å². The van der Waals surface area contributed by atoms with Crippen LogP contribution in [0.2, 0.25) is 0 Å². The molecule has 1 aliphatic heterocycles. The fourth-order valence-corrected chi connectivity index (χ4v) is 2.23. The second kappa shape index (κ2) is 9.37. The summed E-state index contributed by atoms with van der Waals surface area (Å²) in [7, 11) is 0. The maximum atomic E-state index is 5.35. The van der Waals surface area contributed by atoms with Gasteiger partial charge in [-0.05, 0) is 19.9 Å². The SMILES string of the molecule is CCNC(=NCc1noc(C)n1)NCCCN1CCOCC1. The molecule has 0 radical (unpaired) electrons. The largest absolute Gasteiger partial charge is 0.379 e. The van der Waals surface area contributed by atoms with Crippen LogP contribution in [0.25, 0.3) is 0 Å². The van der Waals surface area contributed by atoms with Crippen LogP contribution in [0, 0.1) is 6.92 Å². The molecule has 1 aromatic heterocycles. The lowest BCUT2D eigenvalue weighted by molar-refractivity contribution is 0.0376. The standard InChI is InChI=1S/C14H26N6O2/c1-3-15-14(17-11-13-18-12(2)22-19-13)16-5-4-6-20-7-9-21-10-8-20/h3-11H2,1-2H3,(H2,15,16,17). The average Bonchev–Trinajstić information content (AvgIpc) is 2.95. The molecule has 0 saturated carbocycles. The van der Waals surface area contributed by atoms with Gasteiger partial charge in [-0.1, -0.05) is 5.16 Å². The minimum Gasteiger partial charge on any atom is -0.379 e. The van der Waals surface area contributed by atoms with Gasteiger partial charge in [-0.25, -0.2) is 4.99 Å². The highest BCUT2D eigenvalue weighted by Crippen LogP contribution is 1.98. The normalized spacial score (nSPS) is 16.7. The van der Waals surface area contributed by atoms with Crippen LogP contribution < -0.4 is 10.6 Å². The van der Waals surface area contributed by atoms with Gasteiger partial charge in [0, 0.05) is 33.1 Å². The van der Waals surface area contributed by atoms with Crippen LogP contribution in [0.5, 0.6) is 0 Å². The Hall–Kier alpha value is -1.67. The first-order chi connectivity index (χ1) is 10.8.